The maximum atomic E-state index is 5.45. The molecule has 0 saturated heterocycles. The maximum absolute atomic E-state index is 5.45. The summed E-state index contributed by atoms with van der Waals surface area (Å²) in [4.78, 5) is 0. The van der Waals surface area contributed by atoms with Crippen LogP contribution in [0, 0.1) is 0 Å². The number of rotatable bonds is 13. The van der Waals surface area contributed by atoms with E-state index in [1.165, 1.54) is 57.8 Å². The molecule has 16 heavy (non-hydrogen) atoms. The van der Waals surface area contributed by atoms with Crippen LogP contribution in [0.15, 0.2) is 0 Å². The molecule has 0 aromatic carbocycles. The SMILES string of the molecule is CCCOCCCCCCCCCCCS. The molecule has 1 nitrogen and oxygen atoms in total. The normalized spacial score (nSPS) is 10.9. The third kappa shape index (κ3) is 14.3. The number of ether oxygens (including phenoxy) is 1. The lowest BCUT2D eigenvalue weighted by Gasteiger charge is -2.03. The molecular weight excluding hydrogens is 216 g/mol. The van der Waals surface area contributed by atoms with Gasteiger partial charge in [-0.3, -0.25) is 0 Å². The Balaban J connectivity index is 2.83. The van der Waals surface area contributed by atoms with Gasteiger partial charge >= 0.3 is 0 Å². The average Bonchev–Trinajstić information content (AvgIpc) is 2.31. The molecular formula is C14H30OS. The summed E-state index contributed by atoms with van der Waals surface area (Å²) in [5.74, 6) is 1.05. The molecule has 0 bridgehead atoms. The van der Waals surface area contributed by atoms with E-state index in [2.05, 4.69) is 19.6 Å². The second kappa shape index (κ2) is 15.3. The van der Waals surface area contributed by atoms with E-state index in [1.54, 1.807) is 0 Å². The van der Waals surface area contributed by atoms with Crippen molar-refractivity contribution >= 4 is 12.6 Å². The topological polar surface area (TPSA) is 9.23 Å². The molecule has 0 amide bonds. The zero-order valence-electron chi connectivity index (χ0n) is 11.0. The lowest BCUT2D eigenvalue weighted by molar-refractivity contribution is 0.130. The second-order valence-corrected chi connectivity index (χ2v) is 4.97. The van der Waals surface area contributed by atoms with Crippen molar-refractivity contribution in [2.45, 2.75) is 71.1 Å². The summed E-state index contributed by atoms with van der Waals surface area (Å²) in [6.45, 7) is 4.06. The van der Waals surface area contributed by atoms with Gasteiger partial charge in [0.05, 0.1) is 0 Å². The summed E-state index contributed by atoms with van der Waals surface area (Å²) < 4.78 is 5.45. The fourth-order valence-electron chi connectivity index (χ4n) is 1.80. The quantitative estimate of drug-likeness (QED) is 0.361. The van der Waals surface area contributed by atoms with Gasteiger partial charge < -0.3 is 4.74 Å². The highest BCUT2D eigenvalue weighted by atomic mass is 32.1. The molecule has 0 atom stereocenters. The van der Waals surface area contributed by atoms with Crippen LogP contribution in [0.2, 0.25) is 0 Å². The zero-order valence-corrected chi connectivity index (χ0v) is 11.9. The van der Waals surface area contributed by atoms with Crippen LogP contribution in [0.3, 0.4) is 0 Å². The molecule has 0 aliphatic carbocycles. The first-order valence-corrected chi connectivity index (χ1v) is 7.73. The van der Waals surface area contributed by atoms with Crippen LogP contribution in [0.4, 0.5) is 0 Å². The third-order valence-corrected chi connectivity index (χ3v) is 3.11. The Kier molecular flexibility index (Phi) is 15.6. The predicted molar refractivity (Wildman–Crippen MR) is 76.5 cm³/mol. The van der Waals surface area contributed by atoms with Crippen LogP contribution >= 0.6 is 12.6 Å². The Hall–Kier alpha value is 0.310. The number of unbranched alkanes of at least 4 members (excludes halogenated alkanes) is 8. The first-order valence-electron chi connectivity index (χ1n) is 7.10. The Labute approximate surface area is 108 Å². The summed E-state index contributed by atoms with van der Waals surface area (Å²) in [7, 11) is 0. The lowest BCUT2D eigenvalue weighted by Crippen LogP contribution is -1.95. The van der Waals surface area contributed by atoms with Gasteiger partial charge in [-0.15, -0.1) is 0 Å². The molecule has 0 aliphatic heterocycles. The summed E-state index contributed by atoms with van der Waals surface area (Å²) in [6.07, 6.45) is 13.4. The first kappa shape index (κ1) is 16.3. The molecule has 0 heterocycles. The highest BCUT2D eigenvalue weighted by Crippen LogP contribution is 2.09. The molecule has 0 spiro atoms. The fourth-order valence-corrected chi connectivity index (χ4v) is 2.02. The standard InChI is InChI=1S/C14H30OS/c1-2-12-15-13-10-8-6-4-3-5-7-9-11-14-16/h16H,2-14H2,1H3. The average molecular weight is 246 g/mol. The van der Waals surface area contributed by atoms with Crippen LogP contribution in [0.25, 0.3) is 0 Å². The number of thiol groups is 1. The van der Waals surface area contributed by atoms with Crippen molar-refractivity contribution in [2.75, 3.05) is 19.0 Å². The minimum atomic E-state index is 0.936. The summed E-state index contributed by atoms with van der Waals surface area (Å²) in [5.41, 5.74) is 0. The van der Waals surface area contributed by atoms with Crippen molar-refractivity contribution in [3.05, 3.63) is 0 Å². The maximum Gasteiger partial charge on any atom is 0.0466 e. The summed E-state index contributed by atoms with van der Waals surface area (Å²) >= 11 is 4.21. The van der Waals surface area contributed by atoms with Crippen LogP contribution in [-0.2, 0) is 4.74 Å². The van der Waals surface area contributed by atoms with Crippen LogP contribution in [0.5, 0.6) is 0 Å². The Bertz CT molecular complexity index is 103. The Morgan fingerprint density at radius 3 is 1.69 bits per heavy atom. The predicted octanol–water partition coefficient (Wildman–Crippen LogP) is 4.85. The van der Waals surface area contributed by atoms with E-state index < -0.39 is 0 Å². The van der Waals surface area contributed by atoms with E-state index >= 15 is 0 Å². The van der Waals surface area contributed by atoms with Crippen molar-refractivity contribution in [2.24, 2.45) is 0 Å². The molecule has 0 aromatic rings. The number of hydrogen-bond donors (Lipinski definition) is 1. The highest BCUT2D eigenvalue weighted by Gasteiger charge is 1.92. The molecule has 0 saturated carbocycles. The van der Waals surface area contributed by atoms with Gasteiger partial charge in [0.1, 0.15) is 0 Å². The molecule has 0 N–H and O–H groups in total. The van der Waals surface area contributed by atoms with Gasteiger partial charge in [0, 0.05) is 13.2 Å². The monoisotopic (exact) mass is 246 g/mol. The van der Waals surface area contributed by atoms with Gasteiger partial charge in [0.15, 0.2) is 0 Å². The number of hydrogen-bond acceptors (Lipinski definition) is 2. The van der Waals surface area contributed by atoms with Crippen molar-refractivity contribution in [3.8, 4) is 0 Å². The molecule has 98 valence electrons. The van der Waals surface area contributed by atoms with Gasteiger partial charge in [0.2, 0.25) is 0 Å². The smallest absolute Gasteiger partial charge is 0.0466 e. The van der Waals surface area contributed by atoms with E-state index in [4.69, 9.17) is 4.74 Å². The van der Waals surface area contributed by atoms with Gasteiger partial charge in [-0.2, -0.15) is 12.6 Å². The molecule has 0 unspecified atom stereocenters. The van der Waals surface area contributed by atoms with Crippen molar-refractivity contribution in [1.29, 1.82) is 0 Å². The van der Waals surface area contributed by atoms with E-state index in [-0.39, 0.29) is 0 Å². The zero-order chi connectivity index (χ0) is 11.9. The van der Waals surface area contributed by atoms with Crippen molar-refractivity contribution < 1.29 is 4.74 Å². The van der Waals surface area contributed by atoms with E-state index in [9.17, 15) is 0 Å². The van der Waals surface area contributed by atoms with Gasteiger partial charge in [-0.1, -0.05) is 51.9 Å². The van der Waals surface area contributed by atoms with Crippen molar-refractivity contribution in [3.63, 3.8) is 0 Å². The van der Waals surface area contributed by atoms with Crippen molar-refractivity contribution in [1.82, 2.24) is 0 Å². The first-order chi connectivity index (χ1) is 7.91. The van der Waals surface area contributed by atoms with E-state index in [0.29, 0.717) is 0 Å². The van der Waals surface area contributed by atoms with E-state index in [0.717, 1.165) is 25.4 Å². The van der Waals surface area contributed by atoms with Crippen LogP contribution in [0.1, 0.15) is 71.1 Å². The van der Waals surface area contributed by atoms with Gasteiger partial charge in [0.25, 0.3) is 0 Å². The molecule has 0 fully saturated rings. The minimum absolute atomic E-state index is 0.936. The molecule has 0 aliphatic rings. The minimum Gasteiger partial charge on any atom is -0.381 e. The second-order valence-electron chi connectivity index (χ2n) is 4.52. The van der Waals surface area contributed by atoms with E-state index in [1.807, 2.05) is 0 Å². The van der Waals surface area contributed by atoms with Crippen LogP contribution < -0.4 is 0 Å². The summed E-state index contributed by atoms with van der Waals surface area (Å²) in [6, 6.07) is 0. The van der Waals surface area contributed by atoms with Gasteiger partial charge in [-0.25, -0.2) is 0 Å². The molecule has 0 rings (SSSR count). The molecule has 0 radical (unpaired) electrons. The summed E-state index contributed by atoms with van der Waals surface area (Å²) in [5, 5.41) is 0. The van der Waals surface area contributed by atoms with Crippen LogP contribution in [-0.4, -0.2) is 19.0 Å². The largest absolute Gasteiger partial charge is 0.381 e. The molecule has 2 heteroatoms. The van der Waals surface area contributed by atoms with Gasteiger partial charge in [-0.05, 0) is 25.0 Å². The Morgan fingerprint density at radius 1 is 0.688 bits per heavy atom. The Morgan fingerprint density at radius 2 is 1.19 bits per heavy atom. The highest BCUT2D eigenvalue weighted by molar-refractivity contribution is 7.80. The lowest BCUT2D eigenvalue weighted by atomic mass is 10.1. The third-order valence-electron chi connectivity index (χ3n) is 2.80. The molecule has 0 aromatic heterocycles. The fraction of sp³-hybridized carbons (Fsp3) is 1.00.